The van der Waals surface area contributed by atoms with Crippen LogP contribution in [0, 0.1) is 0 Å². The van der Waals surface area contributed by atoms with E-state index in [-0.39, 0.29) is 11.3 Å². The smallest absolute Gasteiger partial charge is 0.295 e. The lowest BCUT2D eigenvalue weighted by atomic mass is 9.95. The molecule has 2 aliphatic heterocycles. The molecule has 2 saturated heterocycles. The van der Waals surface area contributed by atoms with Gasteiger partial charge in [-0.2, -0.15) is 0 Å². The second-order valence-electron chi connectivity index (χ2n) is 8.48. The van der Waals surface area contributed by atoms with Crippen molar-refractivity contribution in [3.8, 4) is 5.75 Å². The molecule has 1 amide bonds. The number of hydrogen-bond donors (Lipinski definition) is 1. The second-order valence-corrected chi connectivity index (χ2v) is 9.39. The van der Waals surface area contributed by atoms with Gasteiger partial charge in [-0.15, -0.1) is 0 Å². The quantitative estimate of drug-likeness (QED) is 0.222. The van der Waals surface area contributed by atoms with Gasteiger partial charge in [0.1, 0.15) is 18.1 Å². The van der Waals surface area contributed by atoms with E-state index in [1.807, 2.05) is 12.1 Å². The summed E-state index contributed by atoms with van der Waals surface area (Å²) in [4.78, 5) is 30.2. The molecule has 0 bridgehead atoms. The number of Topliss-reactive ketones (excluding diaryl/α,β-unsaturated/α-hetero) is 1. The Morgan fingerprint density at radius 1 is 1.09 bits per heavy atom. The minimum Gasteiger partial charge on any atom is -0.507 e. The molecule has 1 N–H and O–H groups in total. The maximum atomic E-state index is 13.2. The van der Waals surface area contributed by atoms with Crippen molar-refractivity contribution in [2.24, 2.45) is 0 Å². The maximum absolute atomic E-state index is 13.2. The third kappa shape index (κ3) is 5.83. The fourth-order valence-electron chi connectivity index (χ4n) is 4.41. The molecule has 1 atom stereocenters. The van der Waals surface area contributed by atoms with Gasteiger partial charge < -0.3 is 19.5 Å². The molecule has 0 radical (unpaired) electrons. The van der Waals surface area contributed by atoms with Crippen LogP contribution < -0.4 is 4.74 Å². The van der Waals surface area contributed by atoms with Crippen molar-refractivity contribution in [1.29, 1.82) is 0 Å². The van der Waals surface area contributed by atoms with E-state index >= 15 is 0 Å². The van der Waals surface area contributed by atoms with Crippen molar-refractivity contribution in [3.63, 3.8) is 0 Å². The van der Waals surface area contributed by atoms with Crippen molar-refractivity contribution in [1.82, 2.24) is 9.80 Å². The monoisotopic (exact) mass is 540 g/mol. The van der Waals surface area contributed by atoms with Crippen LogP contribution in [0.1, 0.15) is 23.6 Å². The summed E-state index contributed by atoms with van der Waals surface area (Å²) >= 11 is 3.39. The van der Waals surface area contributed by atoms with Gasteiger partial charge in [0.05, 0.1) is 24.8 Å². The van der Waals surface area contributed by atoms with Crippen molar-refractivity contribution < 1.29 is 24.2 Å². The number of carbonyl (C=O) groups excluding carboxylic acids is 2. The first kappa shape index (κ1) is 25.2. The Labute approximate surface area is 213 Å². The molecule has 0 saturated carbocycles. The van der Waals surface area contributed by atoms with E-state index in [9.17, 15) is 14.7 Å². The first-order valence-corrected chi connectivity index (χ1v) is 12.5. The van der Waals surface area contributed by atoms with Crippen molar-refractivity contribution >= 4 is 33.4 Å². The molecule has 2 heterocycles. The maximum Gasteiger partial charge on any atom is 0.295 e. The molecule has 2 aromatic carbocycles. The van der Waals surface area contributed by atoms with Crippen LogP contribution in [-0.2, 0) is 14.3 Å². The fraction of sp³-hybridized carbons (Fsp3) is 0.333. The van der Waals surface area contributed by atoms with Gasteiger partial charge in [0.15, 0.2) is 0 Å². The normalized spacial score (nSPS) is 20.3. The van der Waals surface area contributed by atoms with E-state index < -0.39 is 17.7 Å². The lowest BCUT2D eigenvalue weighted by Gasteiger charge is -2.29. The van der Waals surface area contributed by atoms with Crippen LogP contribution in [0.4, 0.5) is 0 Å². The zero-order chi connectivity index (χ0) is 24.8. The van der Waals surface area contributed by atoms with Crippen molar-refractivity contribution in [2.75, 3.05) is 46.0 Å². The van der Waals surface area contributed by atoms with Crippen LogP contribution in [0.15, 0.2) is 71.2 Å². The number of ketones is 1. The number of ether oxygens (including phenoxy) is 2. The van der Waals surface area contributed by atoms with Gasteiger partial charge in [-0.25, -0.2) is 0 Å². The first-order chi connectivity index (χ1) is 17.0. The van der Waals surface area contributed by atoms with E-state index in [1.54, 1.807) is 47.4 Å². The molecular formula is C27H29BrN2O5. The molecule has 0 spiro atoms. The summed E-state index contributed by atoms with van der Waals surface area (Å²) in [5.41, 5.74) is 1.32. The van der Waals surface area contributed by atoms with Crippen LogP contribution in [0.25, 0.3) is 5.76 Å². The summed E-state index contributed by atoms with van der Waals surface area (Å²) in [6.45, 7) is 8.37. The third-order valence-corrected chi connectivity index (χ3v) is 6.73. The van der Waals surface area contributed by atoms with Gasteiger partial charge >= 0.3 is 0 Å². The standard InChI is InChI=1S/C27H29BrN2O5/c1-2-16-35-22-10-6-19(7-11-22)24-23(25(31)20-4-8-21(28)9-5-20)26(32)27(33)30(24)13-3-12-29-14-17-34-18-15-29/h2,4-11,24,31H,1,3,12-18H2/b25-23+. The molecule has 2 aliphatic rings. The Hall–Kier alpha value is -2.94. The summed E-state index contributed by atoms with van der Waals surface area (Å²) in [6, 6.07) is 13.6. The molecule has 8 heteroatoms. The third-order valence-electron chi connectivity index (χ3n) is 6.20. The number of amides is 1. The molecule has 35 heavy (non-hydrogen) atoms. The number of rotatable bonds is 9. The lowest BCUT2D eigenvalue weighted by molar-refractivity contribution is -0.140. The first-order valence-electron chi connectivity index (χ1n) is 11.7. The van der Waals surface area contributed by atoms with Crippen LogP contribution in [0.5, 0.6) is 5.75 Å². The predicted molar refractivity (Wildman–Crippen MR) is 137 cm³/mol. The summed E-state index contributed by atoms with van der Waals surface area (Å²) < 4.78 is 11.8. The van der Waals surface area contributed by atoms with Crippen molar-refractivity contribution in [3.05, 3.63) is 82.4 Å². The number of halogens is 1. The molecule has 1 unspecified atom stereocenters. The Balaban J connectivity index is 1.65. The van der Waals surface area contributed by atoms with E-state index in [1.165, 1.54) is 0 Å². The number of benzene rings is 2. The lowest BCUT2D eigenvalue weighted by Crippen LogP contribution is -2.38. The summed E-state index contributed by atoms with van der Waals surface area (Å²) in [5, 5.41) is 11.2. The summed E-state index contributed by atoms with van der Waals surface area (Å²) in [5.74, 6) is -0.786. The summed E-state index contributed by atoms with van der Waals surface area (Å²) in [7, 11) is 0. The Bertz CT molecular complexity index is 1090. The largest absolute Gasteiger partial charge is 0.507 e. The van der Waals surface area contributed by atoms with Gasteiger partial charge in [-0.3, -0.25) is 14.5 Å². The highest BCUT2D eigenvalue weighted by Crippen LogP contribution is 2.40. The Morgan fingerprint density at radius 2 is 1.77 bits per heavy atom. The fourth-order valence-corrected chi connectivity index (χ4v) is 4.68. The molecule has 2 fully saturated rings. The molecule has 2 aromatic rings. The van der Waals surface area contributed by atoms with E-state index in [0.717, 1.165) is 29.7 Å². The number of hydrogen-bond acceptors (Lipinski definition) is 6. The molecule has 0 aromatic heterocycles. The van der Waals surface area contributed by atoms with Crippen LogP contribution in [-0.4, -0.2) is 72.6 Å². The molecule has 4 rings (SSSR count). The predicted octanol–water partition coefficient (Wildman–Crippen LogP) is 4.16. The average molecular weight is 541 g/mol. The number of aliphatic hydroxyl groups excluding tert-OH is 1. The van der Waals surface area contributed by atoms with Gasteiger partial charge in [0, 0.05) is 36.2 Å². The number of morpholine rings is 1. The molecule has 0 aliphatic carbocycles. The van der Waals surface area contributed by atoms with Gasteiger partial charge in [0.25, 0.3) is 11.7 Å². The van der Waals surface area contributed by atoms with Gasteiger partial charge in [-0.1, -0.05) is 52.9 Å². The number of carbonyl (C=O) groups is 2. The highest BCUT2D eigenvalue weighted by molar-refractivity contribution is 9.10. The van der Waals surface area contributed by atoms with Crippen LogP contribution in [0.3, 0.4) is 0 Å². The highest BCUT2D eigenvalue weighted by atomic mass is 79.9. The average Bonchev–Trinajstić information content (AvgIpc) is 3.13. The minimum absolute atomic E-state index is 0.100. The van der Waals surface area contributed by atoms with Gasteiger partial charge in [-0.05, 0) is 36.2 Å². The van der Waals surface area contributed by atoms with E-state index in [2.05, 4.69) is 27.4 Å². The van der Waals surface area contributed by atoms with E-state index in [0.29, 0.717) is 44.1 Å². The summed E-state index contributed by atoms with van der Waals surface area (Å²) in [6.07, 6.45) is 2.37. The van der Waals surface area contributed by atoms with Crippen molar-refractivity contribution in [2.45, 2.75) is 12.5 Å². The number of aliphatic hydroxyl groups is 1. The molecular weight excluding hydrogens is 512 g/mol. The molecule has 184 valence electrons. The Morgan fingerprint density at radius 3 is 2.43 bits per heavy atom. The highest BCUT2D eigenvalue weighted by Gasteiger charge is 2.45. The topological polar surface area (TPSA) is 79.3 Å². The van der Waals surface area contributed by atoms with Crippen LogP contribution in [0.2, 0.25) is 0 Å². The van der Waals surface area contributed by atoms with Gasteiger partial charge in [0.2, 0.25) is 0 Å². The Kier molecular flexibility index (Phi) is 8.38. The number of nitrogens with zero attached hydrogens (tertiary/aromatic N) is 2. The SMILES string of the molecule is C=CCOc1ccc(C2/C(=C(\O)c3ccc(Br)cc3)C(=O)C(=O)N2CCCN2CCOCC2)cc1. The van der Waals surface area contributed by atoms with Crippen LogP contribution >= 0.6 is 15.9 Å². The zero-order valence-electron chi connectivity index (χ0n) is 19.5. The second kappa shape index (κ2) is 11.7. The molecule has 7 nitrogen and oxygen atoms in total. The zero-order valence-corrected chi connectivity index (χ0v) is 21.1. The minimum atomic E-state index is -0.684. The van der Waals surface area contributed by atoms with E-state index in [4.69, 9.17) is 9.47 Å². The number of likely N-dealkylation sites (tertiary alicyclic amines) is 1.